The van der Waals surface area contributed by atoms with Gasteiger partial charge in [-0.25, -0.2) is 10.0 Å². The van der Waals surface area contributed by atoms with E-state index in [4.69, 9.17) is 14.8 Å². The predicted molar refractivity (Wildman–Crippen MR) is 106 cm³/mol. The number of unbranched alkanes of at least 4 members (excludes halogenated alkanes) is 2. The van der Waals surface area contributed by atoms with Crippen molar-refractivity contribution in [1.82, 2.24) is 0 Å². The molecule has 8 heteroatoms. The average molecular weight is 398 g/mol. The SMILES string of the molecule is CCCCCOc1ccc(C2=NOC(=O)C2=Cc2cc([NH+]([O-])O)ccc2O)cc1. The third-order valence-electron chi connectivity index (χ3n) is 4.41. The largest absolute Gasteiger partial charge is 0.595 e. The minimum absolute atomic E-state index is 0.0101. The molecule has 0 saturated heterocycles. The maximum Gasteiger partial charge on any atom is 0.368 e. The Morgan fingerprint density at radius 1 is 1.21 bits per heavy atom. The van der Waals surface area contributed by atoms with Crippen molar-refractivity contribution in [2.24, 2.45) is 5.16 Å². The molecule has 0 aliphatic carbocycles. The Bertz CT molecular complexity index is 935. The lowest BCUT2D eigenvalue weighted by Gasteiger charge is -2.12. The minimum Gasteiger partial charge on any atom is -0.595 e. The predicted octanol–water partition coefficient (Wildman–Crippen LogP) is 2.71. The van der Waals surface area contributed by atoms with Crippen LogP contribution in [0.3, 0.4) is 0 Å². The molecule has 152 valence electrons. The highest BCUT2D eigenvalue weighted by atomic mass is 16.8. The zero-order valence-electron chi connectivity index (χ0n) is 15.9. The van der Waals surface area contributed by atoms with E-state index in [1.165, 1.54) is 24.3 Å². The Hall–Kier alpha value is -3.20. The van der Waals surface area contributed by atoms with Crippen LogP contribution in [0.15, 0.2) is 53.2 Å². The van der Waals surface area contributed by atoms with Crippen molar-refractivity contribution in [3.8, 4) is 11.5 Å². The molecule has 8 nitrogen and oxygen atoms in total. The van der Waals surface area contributed by atoms with E-state index in [1.54, 1.807) is 24.3 Å². The smallest absolute Gasteiger partial charge is 0.368 e. The summed E-state index contributed by atoms with van der Waals surface area (Å²) in [5.74, 6) is -0.120. The van der Waals surface area contributed by atoms with Gasteiger partial charge in [-0.15, -0.1) is 0 Å². The van der Waals surface area contributed by atoms with Gasteiger partial charge in [0.1, 0.15) is 17.2 Å². The maximum absolute atomic E-state index is 12.1. The van der Waals surface area contributed by atoms with E-state index in [0.29, 0.717) is 23.6 Å². The quantitative estimate of drug-likeness (QED) is 0.207. The fraction of sp³-hybridized carbons (Fsp3) is 0.238. The summed E-state index contributed by atoms with van der Waals surface area (Å²) in [5, 5.41) is 33.0. The molecule has 2 aromatic rings. The number of aromatic hydroxyl groups is 1. The number of benzene rings is 2. The molecular formula is C21H22N2O6. The van der Waals surface area contributed by atoms with Crippen LogP contribution in [-0.4, -0.2) is 28.6 Å². The number of hydrogen-bond donors (Lipinski definition) is 3. The second-order valence-corrected chi connectivity index (χ2v) is 6.54. The van der Waals surface area contributed by atoms with Crippen LogP contribution in [0.5, 0.6) is 11.5 Å². The van der Waals surface area contributed by atoms with Crippen molar-refractivity contribution < 1.29 is 29.9 Å². The number of nitrogens with one attached hydrogen (secondary N) is 1. The summed E-state index contributed by atoms with van der Waals surface area (Å²) >= 11 is 0. The lowest BCUT2D eigenvalue weighted by molar-refractivity contribution is -0.991. The average Bonchev–Trinajstić information content (AvgIpc) is 3.07. The van der Waals surface area contributed by atoms with Crippen LogP contribution in [0.1, 0.15) is 37.3 Å². The lowest BCUT2D eigenvalue weighted by atomic mass is 10.00. The number of rotatable bonds is 8. The molecule has 1 atom stereocenters. The van der Waals surface area contributed by atoms with Crippen molar-refractivity contribution >= 4 is 23.4 Å². The van der Waals surface area contributed by atoms with Crippen LogP contribution in [0.4, 0.5) is 5.69 Å². The van der Waals surface area contributed by atoms with Crippen LogP contribution in [0.2, 0.25) is 0 Å². The van der Waals surface area contributed by atoms with Gasteiger partial charge in [0.2, 0.25) is 0 Å². The fourth-order valence-electron chi connectivity index (χ4n) is 2.83. The molecule has 0 bridgehead atoms. The summed E-state index contributed by atoms with van der Waals surface area (Å²) < 4.78 is 5.68. The zero-order valence-corrected chi connectivity index (χ0v) is 15.9. The van der Waals surface area contributed by atoms with Crippen LogP contribution < -0.4 is 9.96 Å². The van der Waals surface area contributed by atoms with Crippen molar-refractivity contribution in [2.75, 3.05) is 6.61 Å². The Morgan fingerprint density at radius 3 is 2.66 bits per heavy atom. The molecule has 1 aliphatic heterocycles. The molecule has 0 fully saturated rings. The van der Waals surface area contributed by atoms with Crippen LogP contribution in [0, 0.1) is 5.21 Å². The molecule has 0 spiro atoms. The molecule has 1 unspecified atom stereocenters. The maximum atomic E-state index is 12.1. The van der Waals surface area contributed by atoms with Crippen molar-refractivity contribution in [3.05, 3.63) is 64.4 Å². The summed E-state index contributed by atoms with van der Waals surface area (Å²) in [6, 6.07) is 10.9. The normalized spacial score (nSPS) is 15.9. The summed E-state index contributed by atoms with van der Waals surface area (Å²) in [6.45, 7) is 2.77. The molecule has 3 rings (SSSR count). The van der Waals surface area contributed by atoms with Gasteiger partial charge in [-0.2, -0.15) is 5.23 Å². The molecular weight excluding hydrogens is 376 g/mol. The Morgan fingerprint density at radius 2 is 1.97 bits per heavy atom. The van der Waals surface area contributed by atoms with E-state index < -0.39 is 11.2 Å². The third-order valence-corrected chi connectivity index (χ3v) is 4.41. The third kappa shape index (κ3) is 5.00. The standard InChI is InChI=1S/C21H22N2O6/c1-2-3-4-11-28-17-8-5-14(6-9-17)20-18(21(25)29-22-20)13-15-12-16(23(26)27)7-10-19(15)24/h5-10,12-13,23-24,26H,2-4,11H2,1H3. The summed E-state index contributed by atoms with van der Waals surface area (Å²) in [4.78, 5) is 16.9. The van der Waals surface area contributed by atoms with Crippen molar-refractivity contribution in [2.45, 2.75) is 26.2 Å². The van der Waals surface area contributed by atoms with E-state index in [-0.39, 0.29) is 22.6 Å². The van der Waals surface area contributed by atoms with Crippen LogP contribution in [-0.2, 0) is 9.63 Å². The number of carbonyl (C=O) groups excluding carboxylic acids is 1. The van der Waals surface area contributed by atoms with E-state index in [1.807, 2.05) is 0 Å². The number of quaternary nitrogens is 1. The lowest BCUT2D eigenvalue weighted by Crippen LogP contribution is -2.99. The second-order valence-electron chi connectivity index (χ2n) is 6.54. The Kier molecular flexibility index (Phi) is 6.61. The number of nitrogens with zero attached hydrogens (tertiary/aromatic N) is 1. The summed E-state index contributed by atoms with van der Waals surface area (Å²) in [7, 11) is 0. The minimum atomic E-state index is -1.14. The van der Waals surface area contributed by atoms with Gasteiger partial charge < -0.3 is 19.9 Å². The molecule has 2 aromatic carbocycles. The molecule has 0 saturated carbocycles. The van der Waals surface area contributed by atoms with E-state index in [9.17, 15) is 15.1 Å². The summed E-state index contributed by atoms with van der Waals surface area (Å²) in [5.41, 5.74) is 1.23. The molecule has 0 amide bonds. The van der Waals surface area contributed by atoms with E-state index >= 15 is 0 Å². The molecule has 0 radical (unpaired) electrons. The molecule has 3 N–H and O–H groups in total. The molecule has 1 aliphatic rings. The van der Waals surface area contributed by atoms with Gasteiger partial charge in [-0.1, -0.05) is 24.9 Å². The van der Waals surface area contributed by atoms with Crippen molar-refractivity contribution in [1.29, 1.82) is 0 Å². The van der Waals surface area contributed by atoms with E-state index in [2.05, 4.69) is 12.1 Å². The highest BCUT2D eigenvalue weighted by Gasteiger charge is 2.27. The highest BCUT2D eigenvalue weighted by Crippen LogP contribution is 2.27. The van der Waals surface area contributed by atoms with Gasteiger partial charge in [-0.3, -0.25) is 0 Å². The van der Waals surface area contributed by atoms with Crippen LogP contribution in [0.25, 0.3) is 6.08 Å². The topological polar surface area (TPSA) is 116 Å². The molecule has 29 heavy (non-hydrogen) atoms. The van der Waals surface area contributed by atoms with Crippen molar-refractivity contribution in [3.63, 3.8) is 0 Å². The van der Waals surface area contributed by atoms with Gasteiger partial charge in [0.05, 0.1) is 12.2 Å². The first-order chi connectivity index (χ1) is 14.0. The number of oxime groups is 1. The second kappa shape index (κ2) is 9.33. The number of hydrogen-bond acceptors (Lipinski definition) is 7. The zero-order chi connectivity index (χ0) is 20.8. The van der Waals surface area contributed by atoms with Crippen LogP contribution >= 0.6 is 0 Å². The monoisotopic (exact) mass is 398 g/mol. The number of phenolic OH excluding ortho intramolecular Hbond substituents is 1. The van der Waals surface area contributed by atoms with Gasteiger partial charge in [0.15, 0.2) is 5.69 Å². The Labute approximate surface area is 167 Å². The first-order valence-corrected chi connectivity index (χ1v) is 9.30. The molecule has 0 aromatic heterocycles. The number of phenols is 1. The Balaban J connectivity index is 1.82. The van der Waals surface area contributed by atoms with E-state index in [0.717, 1.165) is 19.3 Å². The van der Waals surface area contributed by atoms with Gasteiger partial charge in [-0.05, 0) is 42.8 Å². The fourth-order valence-corrected chi connectivity index (χ4v) is 2.83. The van der Waals surface area contributed by atoms with Gasteiger partial charge in [0.25, 0.3) is 0 Å². The highest BCUT2D eigenvalue weighted by molar-refractivity contribution is 6.31. The first kappa shape index (κ1) is 20.5. The number of ether oxygens (including phenoxy) is 1. The van der Waals surface area contributed by atoms with Gasteiger partial charge in [0, 0.05) is 23.3 Å². The first-order valence-electron chi connectivity index (χ1n) is 9.30. The molecule has 1 heterocycles. The summed E-state index contributed by atoms with van der Waals surface area (Å²) in [6.07, 6.45) is 4.58. The van der Waals surface area contributed by atoms with Gasteiger partial charge >= 0.3 is 5.97 Å². The number of carbonyl (C=O) groups is 1.